The van der Waals surface area contributed by atoms with Gasteiger partial charge in [-0.1, -0.05) is 42.5 Å². The number of para-hydroxylation sites is 3. The van der Waals surface area contributed by atoms with Gasteiger partial charge in [-0.25, -0.2) is 0 Å². The van der Waals surface area contributed by atoms with Gasteiger partial charge in [-0.15, -0.1) is 0 Å². The van der Waals surface area contributed by atoms with Crippen LogP contribution in [0.3, 0.4) is 0 Å². The molecule has 0 aromatic heterocycles. The summed E-state index contributed by atoms with van der Waals surface area (Å²) in [7, 11) is 0. The van der Waals surface area contributed by atoms with Crippen molar-refractivity contribution >= 4 is 17.3 Å². The molecule has 0 heterocycles. The summed E-state index contributed by atoms with van der Waals surface area (Å²) in [5, 5.41) is 13.9. The smallest absolute Gasteiger partial charge is 0.276 e. The van der Waals surface area contributed by atoms with Gasteiger partial charge in [-0.3, -0.25) is 14.9 Å². The van der Waals surface area contributed by atoms with E-state index in [1.807, 2.05) is 18.2 Å². The van der Waals surface area contributed by atoms with Gasteiger partial charge in [-0.05, 0) is 30.3 Å². The lowest BCUT2D eigenvalue weighted by molar-refractivity contribution is -0.385. The third-order valence-corrected chi connectivity index (χ3v) is 3.73. The highest BCUT2D eigenvalue weighted by molar-refractivity contribution is 6.06. The van der Waals surface area contributed by atoms with Gasteiger partial charge in [0.1, 0.15) is 12.4 Å². The third-order valence-electron chi connectivity index (χ3n) is 3.73. The van der Waals surface area contributed by atoms with Gasteiger partial charge in [-0.2, -0.15) is 0 Å². The van der Waals surface area contributed by atoms with Crippen molar-refractivity contribution < 1.29 is 14.5 Å². The molecule has 3 rings (SSSR count). The Kier molecular flexibility index (Phi) is 5.24. The SMILES string of the molecule is O=C(Nc1ccccc1)c1ccccc1OCc1ccccc1[N+](=O)[O-]. The highest BCUT2D eigenvalue weighted by atomic mass is 16.6. The number of nitro benzene ring substituents is 1. The number of benzene rings is 3. The average molecular weight is 348 g/mol. The zero-order valence-corrected chi connectivity index (χ0v) is 13.8. The van der Waals surface area contributed by atoms with E-state index in [4.69, 9.17) is 4.74 Å². The summed E-state index contributed by atoms with van der Waals surface area (Å²) in [6.07, 6.45) is 0. The number of carbonyl (C=O) groups is 1. The number of nitrogens with one attached hydrogen (secondary N) is 1. The third kappa shape index (κ3) is 4.05. The summed E-state index contributed by atoms with van der Waals surface area (Å²) < 4.78 is 5.71. The minimum Gasteiger partial charge on any atom is -0.488 e. The van der Waals surface area contributed by atoms with Crippen molar-refractivity contribution in [3.05, 3.63) is 100 Å². The van der Waals surface area contributed by atoms with Gasteiger partial charge in [0.25, 0.3) is 11.6 Å². The lowest BCUT2D eigenvalue weighted by atomic mass is 10.1. The molecule has 0 aliphatic carbocycles. The number of hydrogen-bond acceptors (Lipinski definition) is 4. The van der Waals surface area contributed by atoms with Gasteiger partial charge in [0, 0.05) is 11.8 Å². The maximum absolute atomic E-state index is 12.5. The van der Waals surface area contributed by atoms with Gasteiger partial charge >= 0.3 is 0 Å². The average Bonchev–Trinajstić information content (AvgIpc) is 2.67. The zero-order valence-electron chi connectivity index (χ0n) is 13.8. The Hall–Kier alpha value is -3.67. The van der Waals surface area contributed by atoms with Gasteiger partial charge < -0.3 is 10.1 Å². The minimum absolute atomic E-state index is 0.00716. The van der Waals surface area contributed by atoms with E-state index in [2.05, 4.69) is 5.32 Å². The van der Waals surface area contributed by atoms with E-state index < -0.39 is 4.92 Å². The van der Waals surface area contributed by atoms with Crippen molar-refractivity contribution in [2.45, 2.75) is 6.61 Å². The van der Waals surface area contributed by atoms with Crippen molar-refractivity contribution in [2.75, 3.05) is 5.32 Å². The normalized spacial score (nSPS) is 10.2. The molecule has 0 atom stereocenters. The van der Waals surface area contributed by atoms with E-state index in [-0.39, 0.29) is 18.2 Å². The van der Waals surface area contributed by atoms with Crippen LogP contribution in [0.2, 0.25) is 0 Å². The van der Waals surface area contributed by atoms with Crippen LogP contribution >= 0.6 is 0 Å². The molecule has 6 heteroatoms. The van der Waals surface area contributed by atoms with Crippen LogP contribution in [0.4, 0.5) is 11.4 Å². The lowest BCUT2D eigenvalue weighted by Crippen LogP contribution is -2.13. The van der Waals surface area contributed by atoms with Crippen LogP contribution in [-0.2, 0) is 6.61 Å². The molecule has 0 fully saturated rings. The maximum atomic E-state index is 12.5. The lowest BCUT2D eigenvalue weighted by Gasteiger charge is -2.12. The summed E-state index contributed by atoms with van der Waals surface area (Å²) >= 11 is 0. The fourth-order valence-corrected chi connectivity index (χ4v) is 2.47. The number of ether oxygens (including phenoxy) is 1. The summed E-state index contributed by atoms with van der Waals surface area (Å²) in [6.45, 7) is -0.00716. The van der Waals surface area contributed by atoms with Crippen molar-refractivity contribution in [2.24, 2.45) is 0 Å². The van der Waals surface area contributed by atoms with Crippen molar-refractivity contribution in [3.63, 3.8) is 0 Å². The van der Waals surface area contributed by atoms with Crippen molar-refractivity contribution in [1.29, 1.82) is 0 Å². The highest BCUT2D eigenvalue weighted by Gasteiger charge is 2.16. The van der Waals surface area contributed by atoms with Crippen LogP contribution in [0.1, 0.15) is 15.9 Å². The van der Waals surface area contributed by atoms with Crippen LogP contribution < -0.4 is 10.1 Å². The van der Waals surface area contributed by atoms with E-state index >= 15 is 0 Å². The first-order valence-electron chi connectivity index (χ1n) is 7.95. The van der Waals surface area contributed by atoms with E-state index in [9.17, 15) is 14.9 Å². The summed E-state index contributed by atoms with van der Waals surface area (Å²) in [4.78, 5) is 23.2. The Labute approximate surface area is 150 Å². The number of amides is 1. The molecule has 6 nitrogen and oxygen atoms in total. The molecular formula is C20H16N2O4. The first kappa shape index (κ1) is 17.2. The fourth-order valence-electron chi connectivity index (χ4n) is 2.47. The van der Waals surface area contributed by atoms with E-state index in [1.165, 1.54) is 6.07 Å². The molecule has 0 saturated carbocycles. The fraction of sp³-hybridized carbons (Fsp3) is 0.0500. The largest absolute Gasteiger partial charge is 0.488 e. The van der Waals surface area contributed by atoms with Crippen molar-refractivity contribution in [3.8, 4) is 5.75 Å². The molecule has 3 aromatic rings. The predicted molar refractivity (Wildman–Crippen MR) is 98.3 cm³/mol. The molecule has 0 saturated heterocycles. The minimum atomic E-state index is -0.452. The van der Waals surface area contributed by atoms with Crippen LogP contribution in [0.15, 0.2) is 78.9 Å². The second-order valence-corrected chi connectivity index (χ2v) is 5.49. The molecule has 0 unspecified atom stereocenters. The number of hydrogen-bond donors (Lipinski definition) is 1. The second kappa shape index (κ2) is 7.94. The monoisotopic (exact) mass is 348 g/mol. The number of nitrogens with zero attached hydrogens (tertiary/aromatic N) is 1. The standard InChI is InChI=1S/C20H16N2O4/c23-20(21-16-9-2-1-3-10-16)17-11-5-7-13-19(17)26-14-15-8-4-6-12-18(15)22(24)25/h1-13H,14H2,(H,21,23). The summed E-state index contributed by atoms with van der Waals surface area (Å²) in [5.74, 6) is 0.0495. The topological polar surface area (TPSA) is 81.5 Å². The molecule has 0 radical (unpaired) electrons. The molecule has 0 bridgehead atoms. The summed E-state index contributed by atoms with van der Waals surface area (Å²) in [6, 6.07) is 22.2. The molecule has 0 aliphatic heterocycles. The number of carbonyl (C=O) groups excluding carboxylic acids is 1. The van der Waals surface area contributed by atoms with Crippen LogP contribution in [0, 0.1) is 10.1 Å². The van der Waals surface area contributed by atoms with Crippen LogP contribution in [0.5, 0.6) is 5.75 Å². The van der Waals surface area contributed by atoms with Crippen LogP contribution in [0.25, 0.3) is 0 Å². The van der Waals surface area contributed by atoms with E-state index in [0.29, 0.717) is 22.6 Å². The number of rotatable bonds is 6. The molecule has 130 valence electrons. The van der Waals surface area contributed by atoms with E-state index in [1.54, 1.807) is 54.6 Å². The van der Waals surface area contributed by atoms with Gasteiger partial charge in [0.15, 0.2) is 0 Å². The molecule has 1 amide bonds. The Morgan fingerprint density at radius 3 is 2.35 bits per heavy atom. The molecular weight excluding hydrogens is 332 g/mol. The van der Waals surface area contributed by atoms with Gasteiger partial charge in [0.05, 0.1) is 16.1 Å². The Morgan fingerprint density at radius 2 is 1.58 bits per heavy atom. The molecule has 1 N–H and O–H groups in total. The highest BCUT2D eigenvalue weighted by Crippen LogP contribution is 2.24. The molecule has 0 spiro atoms. The number of nitro groups is 1. The Balaban J connectivity index is 1.78. The first-order valence-corrected chi connectivity index (χ1v) is 7.95. The van der Waals surface area contributed by atoms with E-state index in [0.717, 1.165) is 0 Å². The Morgan fingerprint density at radius 1 is 0.923 bits per heavy atom. The van der Waals surface area contributed by atoms with Gasteiger partial charge in [0.2, 0.25) is 0 Å². The molecule has 26 heavy (non-hydrogen) atoms. The second-order valence-electron chi connectivity index (χ2n) is 5.49. The molecule has 3 aromatic carbocycles. The maximum Gasteiger partial charge on any atom is 0.276 e. The zero-order chi connectivity index (χ0) is 18.4. The first-order chi connectivity index (χ1) is 12.6. The van der Waals surface area contributed by atoms with Crippen LogP contribution in [-0.4, -0.2) is 10.8 Å². The Bertz CT molecular complexity index is 926. The predicted octanol–water partition coefficient (Wildman–Crippen LogP) is 4.43. The van der Waals surface area contributed by atoms with Crippen molar-refractivity contribution in [1.82, 2.24) is 0 Å². The number of anilines is 1. The molecule has 0 aliphatic rings. The quantitative estimate of drug-likeness (QED) is 0.528. The summed E-state index contributed by atoms with van der Waals surface area (Å²) in [5.41, 5.74) is 1.45.